The largest absolute Gasteiger partial charge is 0.416 e. The van der Waals surface area contributed by atoms with E-state index in [9.17, 15) is 21.6 Å². The quantitative estimate of drug-likeness (QED) is 0.866. The van der Waals surface area contributed by atoms with Gasteiger partial charge in [-0.25, -0.2) is 8.42 Å². The summed E-state index contributed by atoms with van der Waals surface area (Å²) in [5.74, 6) is 0. The van der Waals surface area contributed by atoms with Gasteiger partial charge >= 0.3 is 6.18 Å². The Labute approximate surface area is 126 Å². The summed E-state index contributed by atoms with van der Waals surface area (Å²) in [4.78, 5) is 3.43. The standard InChI is InChI=1S/C14H13F3N2O2S/c1-19(10-11-5-7-18-8-6-11)22(20,21)13-4-2-3-12(9-13)14(15,16)17/h2-9H,10H2,1H3. The van der Waals surface area contributed by atoms with Gasteiger partial charge in [-0.15, -0.1) is 0 Å². The number of aromatic nitrogens is 1. The first-order chi connectivity index (χ1) is 10.2. The van der Waals surface area contributed by atoms with Crippen LogP contribution in [-0.4, -0.2) is 24.8 Å². The van der Waals surface area contributed by atoms with Crippen molar-refractivity contribution in [3.63, 3.8) is 0 Å². The fraction of sp³-hybridized carbons (Fsp3) is 0.214. The third-order valence-corrected chi connectivity index (χ3v) is 4.82. The van der Waals surface area contributed by atoms with Crippen LogP contribution in [0.1, 0.15) is 11.1 Å². The van der Waals surface area contributed by atoms with Crippen molar-refractivity contribution in [2.75, 3.05) is 7.05 Å². The highest BCUT2D eigenvalue weighted by Gasteiger charge is 2.32. The number of alkyl halides is 3. The molecule has 0 atom stereocenters. The van der Waals surface area contributed by atoms with Crippen LogP contribution in [0.5, 0.6) is 0 Å². The van der Waals surface area contributed by atoms with Crippen LogP contribution in [0.15, 0.2) is 53.7 Å². The van der Waals surface area contributed by atoms with Gasteiger partial charge in [0.15, 0.2) is 0 Å². The molecule has 0 aliphatic carbocycles. The van der Waals surface area contributed by atoms with E-state index in [-0.39, 0.29) is 11.4 Å². The summed E-state index contributed by atoms with van der Waals surface area (Å²) in [5.41, 5.74) is -0.307. The molecule has 118 valence electrons. The van der Waals surface area contributed by atoms with Crippen molar-refractivity contribution in [3.8, 4) is 0 Å². The molecule has 0 fully saturated rings. The first-order valence-corrected chi connectivity index (χ1v) is 7.68. The second-order valence-corrected chi connectivity index (χ2v) is 6.69. The molecule has 4 nitrogen and oxygen atoms in total. The average molecular weight is 330 g/mol. The van der Waals surface area contributed by atoms with Crippen molar-refractivity contribution in [3.05, 3.63) is 59.9 Å². The maximum absolute atomic E-state index is 12.7. The topological polar surface area (TPSA) is 50.3 Å². The van der Waals surface area contributed by atoms with Gasteiger partial charge < -0.3 is 0 Å². The van der Waals surface area contributed by atoms with E-state index in [1.807, 2.05) is 0 Å². The zero-order valence-electron chi connectivity index (χ0n) is 11.6. The van der Waals surface area contributed by atoms with Crippen molar-refractivity contribution in [2.24, 2.45) is 0 Å². The summed E-state index contributed by atoms with van der Waals surface area (Å²) in [5, 5.41) is 0. The lowest BCUT2D eigenvalue weighted by Crippen LogP contribution is -2.26. The van der Waals surface area contributed by atoms with Gasteiger partial charge in [0, 0.05) is 26.0 Å². The van der Waals surface area contributed by atoms with Gasteiger partial charge in [0.25, 0.3) is 0 Å². The van der Waals surface area contributed by atoms with Crippen molar-refractivity contribution in [1.82, 2.24) is 9.29 Å². The number of benzene rings is 1. The summed E-state index contributed by atoms with van der Waals surface area (Å²) in [6.45, 7) is 0.0428. The van der Waals surface area contributed by atoms with Gasteiger partial charge in [0.2, 0.25) is 10.0 Å². The number of hydrogen-bond donors (Lipinski definition) is 0. The van der Waals surface area contributed by atoms with E-state index < -0.39 is 21.8 Å². The van der Waals surface area contributed by atoms with E-state index in [1.54, 1.807) is 12.1 Å². The second kappa shape index (κ2) is 6.05. The number of sulfonamides is 1. The first kappa shape index (κ1) is 16.4. The molecule has 1 aromatic carbocycles. The highest BCUT2D eigenvalue weighted by molar-refractivity contribution is 7.89. The minimum absolute atomic E-state index is 0.0428. The average Bonchev–Trinajstić information content (AvgIpc) is 2.47. The van der Waals surface area contributed by atoms with Crippen LogP contribution in [-0.2, 0) is 22.7 Å². The van der Waals surface area contributed by atoms with Crippen LogP contribution in [0.3, 0.4) is 0 Å². The van der Waals surface area contributed by atoms with E-state index in [4.69, 9.17) is 0 Å². The summed E-state index contributed by atoms with van der Waals surface area (Å²) in [6.07, 6.45) is -1.56. The number of halogens is 3. The van der Waals surface area contributed by atoms with Crippen LogP contribution in [0.2, 0.25) is 0 Å². The van der Waals surface area contributed by atoms with Gasteiger partial charge in [-0.2, -0.15) is 17.5 Å². The van der Waals surface area contributed by atoms with Gasteiger partial charge in [-0.05, 0) is 35.9 Å². The van der Waals surface area contributed by atoms with Crippen LogP contribution >= 0.6 is 0 Å². The zero-order valence-corrected chi connectivity index (χ0v) is 12.4. The SMILES string of the molecule is CN(Cc1ccncc1)S(=O)(=O)c1cccc(C(F)(F)F)c1. The molecule has 0 aliphatic rings. The highest BCUT2D eigenvalue weighted by Crippen LogP contribution is 2.31. The Bertz CT molecular complexity index is 746. The normalized spacial score (nSPS) is 12.6. The Hall–Kier alpha value is -1.93. The molecule has 0 saturated carbocycles. The number of rotatable bonds is 4. The predicted molar refractivity (Wildman–Crippen MR) is 74.3 cm³/mol. The van der Waals surface area contributed by atoms with Crippen molar-refractivity contribution in [2.45, 2.75) is 17.6 Å². The fourth-order valence-corrected chi connectivity index (χ4v) is 3.05. The third kappa shape index (κ3) is 3.63. The van der Waals surface area contributed by atoms with Crippen LogP contribution < -0.4 is 0 Å². The molecule has 8 heteroatoms. The third-order valence-electron chi connectivity index (χ3n) is 3.02. The smallest absolute Gasteiger partial charge is 0.265 e. The van der Waals surface area contributed by atoms with Crippen molar-refractivity contribution < 1.29 is 21.6 Å². The molecule has 0 spiro atoms. The van der Waals surface area contributed by atoms with E-state index in [1.165, 1.54) is 19.4 Å². The maximum atomic E-state index is 12.7. The molecule has 1 heterocycles. The Kier molecular flexibility index (Phi) is 4.52. The number of pyridine rings is 1. The number of nitrogens with zero attached hydrogens (tertiary/aromatic N) is 2. The number of hydrogen-bond acceptors (Lipinski definition) is 3. The van der Waals surface area contributed by atoms with E-state index in [0.717, 1.165) is 22.5 Å². The van der Waals surface area contributed by atoms with Crippen LogP contribution in [0.25, 0.3) is 0 Å². The van der Waals surface area contributed by atoms with E-state index in [2.05, 4.69) is 4.98 Å². The molecular weight excluding hydrogens is 317 g/mol. The highest BCUT2D eigenvalue weighted by atomic mass is 32.2. The summed E-state index contributed by atoms with van der Waals surface area (Å²) < 4.78 is 63.8. The summed E-state index contributed by atoms with van der Waals surface area (Å²) in [6, 6.07) is 6.97. The van der Waals surface area contributed by atoms with Gasteiger partial charge in [0.1, 0.15) is 0 Å². The van der Waals surface area contributed by atoms with Gasteiger partial charge in [-0.1, -0.05) is 6.07 Å². The zero-order chi connectivity index (χ0) is 16.4. The first-order valence-electron chi connectivity index (χ1n) is 6.24. The molecule has 0 N–H and O–H groups in total. The molecule has 1 aromatic heterocycles. The fourth-order valence-electron chi connectivity index (χ4n) is 1.84. The lowest BCUT2D eigenvalue weighted by atomic mass is 10.2. The molecule has 22 heavy (non-hydrogen) atoms. The molecule has 0 unspecified atom stereocenters. The summed E-state index contributed by atoms with van der Waals surface area (Å²) in [7, 11) is -2.69. The molecule has 0 amide bonds. The van der Waals surface area contributed by atoms with Crippen molar-refractivity contribution >= 4 is 10.0 Å². The van der Waals surface area contributed by atoms with Crippen LogP contribution in [0, 0.1) is 0 Å². The Morgan fingerprint density at radius 1 is 1.14 bits per heavy atom. The maximum Gasteiger partial charge on any atom is 0.416 e. The van der Waals surface area contributed by atoms with Crippen LogP contribution in [0.4, 0.5) is 13.2 Å². The second-order valence-electron chi connectivity index (χ2n) is 4.64. The van der Waals surface area contributed by atoms with E-state index in [0.29, 0.717) is 11.6 Å². The molecular formula is C14H13F3N2O2S. The van der Waals surface area contributed by atoms with Gasteiger partial charge in [-0.3, -0.25) is 4.98 Å². The molecule has 0 bridgehead atoms. The lowest BCUT2D eigenvalue weighted by molar-refractivity contribution is -0.137. The summed E-state index contributed by atoms with van der Waals surface area (Å²) >= 11 is 0. The Morgan fingerprint density at radius 3 is 2.36 bits per heavy atom. The predicted octanol–water partition coefficient (Wildman–Crippen LogP) is 2.92. The molecule has 2 rings (SSSR count). The Balaban J connectivity index is 2.30. The molecule has 0 aliphatic heterocycles. The molecule has 0 radical (unpaired) electrons. The van der Waals surface area contributed by atoms with Gasteiger partial charge in [0.05, 0.1) is 10.5 Å². The molecule has 0 saturated heterocycles. The minimum atomic E-state index is -4.59. The minimum Gasteiger partial charge on any atom is -0.265 e. The molecule has 2 aromatic rings. The lowest BCUT2D eigenvalue weighted by Gasteiger charge is -2.18. The Morgan fingerprint density at radius 2 is 1.77 bits per heavy atom. The van der Waals surface area contributed by atoms with Crippen molar-refractivity contribution in [1.29, 1.82) is 0 Å². The van der Waals surface area contributed by atoms with E-state index >= 15 is 0 Å². The monoisotopic (exact) mass is 330 g/mol.